The minimum Gasteiger partial charge on any atom is -0.497 e. The Kier molecular flexibility index (Phi) is 9.05. The van der Waals surface area contributed by atoms with Crippen molar-refractivity contribution in [2.24, 2.45) is 0 Å². The largest absolute Gasteiger partial charge is 0.497 e. The molecule has 3 nitrogen and oxygen atoms in total. The maximum absolute atomic E-state index is 13.8. The molecule has 7 heteroatoms. The van der Waals surface area contributed by atoms with Gasteiger partial charge < -0.3 is 10.1 Å². The number of hydrogen-bond donors (Lipinski definition) is 1. The first-order valence-electron chi connectivity index (χ1n) is 6.10. The molecule has 0 spiro atoms. The highest BCUT2D eigenvalue weighted by molar-refractivity contribution is 5.85. The van der Waals surface area contributed by atoms with Gasteiger partial charge in [-0.15, -0.1) is 24.8 Å². The topological polar surface area (TPSA) is 24.5 Å². The summed E-state index contributed by atoms with van der Waals surface area (Å²) in [6.07, 6.45) is 0. The smallest absolute Gasteiger partial charge is 0.128 e. The van der Waals surface area contributed by atoms with E-state index in [-0.39, 0.29) is 30.6 Å². The molecule has 0 aliphatic carbocycles. The summed E-state index contributed by atoms with van der Waals surface area (Å²) >= 11 is 0. The van der Waals surface area contributed by atoms with Gasteiger partial charge >= 0.3 is 0 Å². The predicted molar refractivity (Wildman–Crippen MR) is 80.6 cm³/mol. The highest BCUT2D eigenvalue weighted by Crippen LogP contribution is 2.27. The number of methoxy groups -OCH3 is 1. The summed E-state index contributed by atoms with van der Waals surface area (Å²) in [7, 11) is 1.52. The molecule has 0 bridgehead atoms. The van der Waals surface area contributed by atoms with E-state index in [9.17, 15) is 8.78 Å². The van der Waals surface area contributed by atoms with Crippen molar-refractivity contribution in [3.05, 3.63) is 29.6 Å². The van der Waals surface area contributed by atoms with E-state index in [4.69, 9.17) is 4.74 Å². The Hall–Kier alpha value is -0.620. The van der Waals surface area contributed by atoms with Gasteiger partial charge in [0.15, 0.2) is 0 Å². The summed E-state index contributed by atoms with van der Waals surface area (Å²) in [4.78, 5) is 1.97. The fourth-order valence-electron chi connectivity index (χ4n) is 2.28. The third-order valence-electron chi connectivity index (χ3n) is 3.30. The molecule has 2 rings (SSSR count). The number of nitrogens with one attached hydrogen (secondary N) is 1. The summed E-state index contributed by atoms with van der Waals surface area (Å²) in [6, 6.07) is 3.94. The Morgan fingerprint density at radius 2 is 1.95 bits per heavy atom. The number of benzene rings is 1. The molecule has 1 N–H and O–H groups in total. The van der Waals surface area contributed by atoms with Gasteiger partial charge in [0.2, 0.25) is 0 Å². The number of alkyl halides is 1. The Labute approximate surface area is 130 Å². The summed E-state index contributed by atoms with van der Waals surface area (Å²) in [5.41, 5.74) is 0.374. The van der Waals surface area contributed by atoms with Crippen molar-refractivity contribution in [1.82, 2.24) is 10.2 Å². The SMILES string of the molecule is COc1ccc(F)c([C@@H](CF)N2CCNCC2)c1.Cl.Cl. The molecule has 0 unspecified atom stereocenters. The molecule has 1 atom stereocenters. The lowest BCUT2D eigenvalue weighted by Gasteiger charge is -2.33. The summed E-state index contributed by atoms with van der Waals surface area (Å²) < 4.78 is 32.2. The van der Waals surface area contributed by atoms with Crippen LogP contribution in [0.3, 0.4) is 0 Å². The maximum atomic E-state index is 13.8. The molecule has 1 heterocycles. The number of piperazine rings is 1. The van der Waals surface area contributed by atoms with Crippen LogP contribution in [0.1, 0.15) is 11.6 Å². The van der Waals surface area contributed by atoms with Crippen LogP contribution in [0.15, 0.2) is 18.2 Å². The molecular formula is C13H20Cl2F2N2O. The second kappa shape index (κ2) is 9.34. The zero-order valence-corrected chi connectivity index (χ0v) is 12.9. The van der Waals surface area contributed by atoms with Crippen LogP contribution in [0.4, 0.5) is 8.78 Å². The Morgan fingerprint density at radius 1 is 1.30 bits per heavy atom. The monoisotopic (exact) mass is 328 g/mol. The molecule has 1 fully saturated rings. The zero-order chi connectivity index (χ0) is 13.0. The molecule has 0 amide bonds. The van der Waals surface area contributed by atoms with Gasteiger partial charge in [0.05, 0.1) is 13.2 Å². The number of nitrogens with zero attached hydrogens (tertiary/aromatic N) is 1. The zero-order valence-electron chi connectivity index (χ0n) is 11.3. The highest BCUT2D eigenvalue weighted by atomic mass is 35.5. The van der Waals surface area contributed by atoms with Crippen molar-refractivity contribution in [3.8, 4) is 5.75 Å². The average molecular weight is 329 g/mol. The molecule has 116 valence electrons. The number of hydrogen-bond acceptors (Lipinski definition) is 3. The van der Waals surface area contributed by atoms with E-state index in [1.54, 1.807) is 12.1 Å². The second-order valence-electron chi connectivity index (χ2n) is 4.34. The lowest BCUT2D eigenvalue weighted by molar-refractivity contribution is 0.144. The molecule has 1 aliphatic heterocycles. The molecule has 0 radical (unpaired) electrons. The van der Waals surface area contributed by atoms with E-state index in [2.05, 4.69) is 5.32 Å². The fourth-order valence-corrected chi connectivity index (χ4v) is 2.28. The van der Waals surface area contributed by atoms with Crippen LogP contribution in [0, 0.1) is 5.82 Å². The summed E-state index contributed by atoms with van der Waals surface area (Å²) in [6.45, 7) is 2.48. The van der Waals surface area contributed by atoms with Crippen LogP contribution in [-0.4, -0.2) is 44.9 Å². The lowest BCUT2D eigenvalue weighted by Crippen LogP contribution is -2.45. The Morgan fingerprint density at radius 3 is 2.50 bits per heavy atom. The van der Waals surface area contributed by atoms with Gasteiger partial charge in [-0.1, -0.05) is 0 Å². The third kappa shape index (κ3) is 4.45. The van der Waals surface area contributed by atoms with Crippen molar-refractivity contribution in [2.45, 2.75) is 6.04 Å². The molecule has 1 aromatic rings. The minimum atomic E-state index is -0.593. The van der Waals surface area contributed by atoms with Gasteiger partial charge in [-0.05, 0) is 18.2 Å². The first-order chi connectivity index (χ1) is 8.76. The van der Waals surface area contributed by atoms with Crippen LogP contribution in [0.5, 0.6) is 5.75 Å². The molecule has 0 aromatic heterocycles. The van der Waals surface area contributed by atoms with E-state index in [0.29, 0.717) is 11.3 Å². The van der Waals surface area contributed by atoms with Crippen molar-refractivity contribution in [3.63, 3.8) is 0 Å². The van der Waals surface area contributed by atoms with E-state index in [1.165, 1.54) is 13.2 Å². The summed E-state index contributed by atoms with van der Waals surface area (Å²) in [5, 5.41) is 3.20. The quantitative estimate of drug-likeness (QED) is 0.919. The molecule has 1 saturated heterocycles. The second-order valence-corrected chi connectivity index (χ2v) is 4.34. The van der Waals surface area contributed by atoms with Crippen molar-refractivity contribution < 1.29 is 13.5 Å². The Bertz CT molecular complexity index is 404. The maximum Gasteiger partial charge on any atom is 0.128 e. The van der Waals surface area contributed by atoms with Gasteiger partial charge in [0.1, 0.15) is 18.2 Å². The highest BCUT2D eigenvalue weighted by Gasteiger charge is 2.24. The van der Waals surface area contributed by atoms with Crippen molar-refractivity contribution >= 4 is 24.8 Å². The van der Waals surface area contributed by atoms with E-state index in [1.807, 2.05) is 4.90 Å². The number of halogens is 4. The van der Waals surface area contributed by atoms with Gasteiger partial charge in [0.25, 0.3) is 0 Å². The first kappa shape index (κ1) is 19.4. The van der Waals surface area contributed by atoms with Crippen molar-refractivity contribution in [1.29, 1.82) is 0 Å². The molecular weight excluding hydrogens is 309 g/mol. The van der Waals surface area contributed by atoms with Crippen LogP contribution in [0.2, 0.25) is 0 Å². The number of rotatable bonds is 4. The Balaban J connectivity index is 0.00000180. The van der Waals surface area contributed by atoms with Crippen LogP contribution in [-0.2, 0) is 0 Å². The molecule has 0 saturated carbocycles. The fraction of sp³-hybridized carbons (Fsp3) is 0.538. The van der Waals surface area contributed by atoms with Gasteiger partial charge in [-0.25, -0.2) is 8.78 Å². The van der Waals surface area contributed by atoms with Gasteiger partial charge in [-0.2, -0.15) is 0 Å². The van der Waals surface area contributed by atoms with E-state index < -0.39 is 12.7 Å². The van der Waals surface area contributed by atoms with Gasteiger partial charge in [0, 0.05) is 31.7 Å². The average Bonchev–Trinajstić information content (AvgIpc) is 2.43. The number of ether oxygens (including phenoxy) is 1. The minimum absolute atomic E-state index is 0. The van der Waals surface area contributed by atoms with Gasteiger partial charge in [-0.3, -0.25) is 4.90 Å². The first-order valence-corrected chi connectivity index (χ1v) is 6.10. The predicted octanol–water partition coefficient (Wildman–Crippen LogP) is 2.59. The van der Waals surface area contributed by atoms with Crippen LogP contribution < -0.4 is 10.1 Å². The third-order valence-corrected chi connectivity index (χ3v) is 3.30. The molecule has 20 heavy (non-hydrogen) atoms. The van der Waals surface area contributed by atoms with E-state index >= 15 is 0 Å². The molecule has 1 aromatic carbocycles. The normalized spacial score (nSPS) is 16.8. The van der Waals surface area contributed by atoms with Crippen molar-refractivity contribution in [2.75, 3.05) is 40.0 Å². The molecule has 1 aliphatic rings. The van der Waals surface area contributed by atoms with Crippen LogP contribution in [0.25, 0.3) is 0 Å². The lowest BCUT2D eigenvalue weighted by atomic mass is 10.0. The van der Waals surface area contributed by atoms with E-state index in [0.717, 1.165) is 26.2 Å². The standard InChI is InChI=1S/C13H18F2N2O.2ClH/c1-18-10-2-3-12(15)11(8-10)13(9-14)17-6-4-16-5-7-17;;/h2-3,8,13,16H,4-7,9H2,1H3;2*1H/t13-;;/m1../s1. The van der Waals surface area contributed by atoms with Crippen LogP contribution >= 0.6 is 24.8 Å². The summed E-state index contributed by atoms with van der Waals surface area (Å²) in [5.74, 6) is 0.178.